The number of rotatable bonds is 3. The summed E-state index contributed by atoms with van der Waals surface area (Å²) in [6.07, 6.45) is -3.60. The Morgan fingerprint density at radius 1 is 1.48 bits per heavy atom. The van der Waals surface area contributed by atoms with E-state index < -0.39 is 36.2 Å². The maximum atomic E-state index is 13.1. The lowest BCUT2D eigenvalue weighted by molar-refractivity contribution is -0.163. The first-order chi connectivity index (χ1) is 12.6. The van der Waals surface area contributed by atoms with Gasteiger partial charge in [0, 0.05) is 18.0 Å². The summed E-state index contributed by atoms with van der Waals surface area (Å²) in [6, 6.07) is 2.07. The van der Waals surface area contributed by atoms with Crippen molar-refractivity contribution in [1.82, 2.24) is 4.98 Å². The smallest absolute Gasteiger partial charge is 0.411 e. The van der Waals surface area contributed by atoms with Crippen LogP contribution in [-0.2, 0) is 10.3 Å². The van der Waals surface area contributed by atoms with Crippen molar-refractivity contribution in [3.05, 3.63) is 45.4 Å². The number of anilines is 1. The van der Waals surface area contributed by atoms with Crippen LogP contribution in [0.15, 0.2) is 34.8 Å². The zero-order valence-electron chi connectivity index (χ0n) is 13.9. The number of carbonyl (C=O) groups is 1. The highest BCUT2D eigenvalue weighted by Crippen LogP contribution is 2.42. The molecule has 2 atom stereocenters. The van der Waals surface area contributed by atoms with Gasteiger partial charge >= 0.3 is 6.18 Å². The van der Waals surface area contributed by atoms with E-state index in [0.717, 1.165) is 11.3 Å². The molecule has 11 heteroatoms. The average Bonchev–Trinajstić information content (AvgIpc) is 3.03. The fourth-order valence-corrected chi connectivity index (χ4v) is 3.65. The molecule has 27 heavy (non-hydrogen) atoms. The number of nitrogens with zero attached hydrogens (tertiary/aromatic N) is 2. The molecule has 144 valence electrons. The molecule has 1 aliphatic rings. The van der Waals surface area contributed by atoms with Crippen molar-refractivity contribution in [3.63, 3.8) is 0 Å². The molecule has 3 heterocycles. The van der Waals surface area contributed by atoms with Gasteiger partial charge < -0.3 is 15.8 Å². The van der Waals surface area contributed by atoms with Gasteiger partial charge in [0.05, 0.1) is 15.6 Å². The number of pyridine rings is 1. The molecular weight excluding hydrogens is 405 g/mol. The zero-order chi connectivity index (χ0) is 19.8. The summed E-state index contributed by atoms with van der Waals surface area (Å²) in [7, 11) is 0. The minimum atomic E-state index is -4.52. The topological polar surface area (TPSA) is 89.6 Å². The summed E-state index contributed by atoms with van der Waals surface area (Å²) in [6.45, 7) is 1.51. The molecule has 0 fully saturated rings. The van der Waals surface area contributed by atoms with E-state index >= 15 is 0 Å². The van der Waals surface area contributed by atoms with Crippen molar-refractivity contribution in [1.29, 1.82) is 0 Å². The highest BCUT2D eigenvalue weighted by molar-refractivity contribution is 7.10. The van der Waals surface area contributed by atoms with E-state index in [1.807, 2.05) is 0 Å². The van der Waals surface area contributed by atoms with Crippen LogP contribution in [0.3, 0.4) is 0 Å². The summed E-state index contributed by atoms with van der Waals surface area (Å²) < 4.78 is 44.6. The van der Waals surface area contributed by atoms with Crippen molar-refractivity contribution in [2.45, 2.75) is 31.2 Å². The minimum absolute atomic E-state index is 0.154. The van der Waals surface area contributed by atoms with E-state index in [1.165, 1.54) is 25.3 Å². The number of hydrogen-bond acceptors (Lipinski definition) is 6. The Balaban J connectivity index is 1.77. The molecule has 2 aromatic heterocycles. The molecule has 3 N–H and O–H groups in total. The van der Waals surface area contributed by atoms with Gasteiger partial charge in [-0.1, -0.05) is 11.6 Å². The van der Waals surface area contributed by atoms with Gasteiger partial charge in [-0.15, -0.1) is 11.3 Å². The fraction of sp³-hybridized carbons (Fsp3) is 0.312. The molecule has 0 saturated heterocycles. The van der Waals surface area contributed by atoms with Gasteiger partial charge in [-0.2, -0.15) is 13.2 Å². The molecule has 0 radical (unpaired) electrons. The Hall–Kier alpha value is -2.33. The first kappa shape index (κ1) is 19.4. The number of hydrogen-bond donors (Lipinski definition) is 2. The van der Waals surface area contributed by atoms with E-state index in [2.05, 4.69) is 15.3 Å². The predicted octanol–water partition coefficient (Wildman–Crippen LogP) is 3.93. The largest absolute Gasteiger partial charge is 0.453 e. The number of carbonyl (C=O) groups excluding carboxylic acids is 1. The second kappa shape index (κ2) is 7.01. The van der Waals surface area contributed by atoms with Gasteiger partial charge in [0.2, 0.25) is 0 Å². The summed E-state index contributed by atoms with van der Waals surface area (Å²) in [5.41, 5.74) is 4.71. The Kier molecular flexibility index (Phi) is 5.04. The molecule has 0 aromatic carbocycles. The van der Waals surface area contributed by atoms with Gasteiger partial charge in [-0.05, 0) is 25.1 Å². The Bertz CT molecular complexity index is 885. The number of amides is 1. The average molecular weight is 419 g/mol. The number of ether oxygens (including phenoxy) is 1. The van der Waals surface area contributed by atoms with E-state index in [9.17, 15) is 18.0 Å². The number of alkyl halides is 3. The van der Waals surface area contributed by atoms with Crippen molar-refractivity contribution < 1.29 is 22.7 Å². The Morgan fingerprint density at radius 2 is 2.22 bits per heavy atom. The summed E-state index contributed by atoms with van der Waals surface area (Å²) in [4.78, 5) is 19.9. The van der Waals surface area contributed by atoms with Crippen LogP contribution in [0.5, 0.6) is 0 Å². The van der Waals surface area contributed by atoms with Gasteiger partial charge in [0.1, 0.15) is 11.3 Å². The van der Waals surface area contributed by atoms with Gasteiger partial charge in [-0.25, -0.2) is 9.98 Å². The lowest BCUT2D eigenvalue weighted by Gasteiger charge is -2.36. The number of halogens is 4. The van der Waals surface area contributed by atoms with Gasteiger partial charge in [0.25, 0.3) is 11.9 Å². The van der Waals surface area contributed by atoms with Crippen molar-refractivity contribution in [2.24, 2.45) is 10.7 Å². The lowest BCUT2D eigenvalue weighted by atomic mass is 9.93. The molecule has 0 aliphatic carbocycles. The predicted molar refractivity (Wildman–Crippen MR) is 96.0 cm³/mol. The third-order valence-corrected chi connectivity index (χ3v) is 5.31. The third-order valence-electron chi connectivity index (χ3n) is 3.91. The second-order valence-electron chi connectivity index (χ2n) is 6.08. The summed E-state index contributed by atoms with van der Waals surface area (Å²) in [5, 5.41) is 4.63. The molecule has 0 spiro atoms. The maximum absolute atomic E-state index is 13.1. The zero-order valence-corrected chi connectivity index (χ0v) is 15.5. The summed E-state index contributed by atoms with van der Waals surface area (Å²) >= 11 is 6.88. The molecular formula is C16H14ClF3N4O2S. The summed E-state index contributed by atoms with van der Waals surface area (Å²) in [5.74, 6) is -0.472. The third kappa shape index (κ3) is 4.33. The Morgan fingerprint density at radius 3 is 2.85 bits per heavy atom. The monoisotopic (exact) mass is 418 g/mol. The number of nitrogens with one attached hydrogen (secondary N) is 1. The molecule has 0 unspecified atom stereocenters. The van der Waals surface area contributed by atoms with Crippen LogP contribution in [0.25, 0.3) is 0 Å². The maximum Gasteiger partial charge on any atom is 0.411 e. The van der Waals surface area contributed by atoms with Crippen molar-refractivity contribution in [3.8, 4) is 0 Å². The van der Waals surface area contributed by atoms with Gasteiger partial charge in [0.15, 0.2) is 6.04 Å². The molecule has 0 bridgehead atoms. The molecule has 2 aromatic rings. The van der Waals surface area contributed by atoms with E-state index in [-0.39, 0.29) is 5.69 Å². The SMILES string of the molecule is C[C@@]1(c2cc(NC(=O)c3ccc(Cl)cn3)cs2)C[C@@H](C(F)(F)F)N=C(N)O1. The molecule has 1 amide bonds. The van der Waals surface area contributed by atoms with Crippen LogP contribution < -0.4 is 11.1 Å². The number of nitrogens with two attached hydrogens (primary N) is 1. The van der Waals surface area contributed by atoms with Crippen LogP contribution in [0.4, 0.5) is 18.9 Å². The van der Waals surface area contributed by atoms with Gasteiger partial charge in [-0.3, -0.25) is 4.79 Å². The number of amidine groups is 1. The number of thiophene rings is 1. The molecule has 0 saturated carbocycles. The highest BCUT2D eigenvalue weighted by Gasteiger charge is 2.49. The molecule has 1 aliphatic heterocycles. The van der Waals surface area contributed by atoms with Crippen molar-refractivity contribution in [2.75, 3.05) is 5.32 Å². The van der Waals surface area contributed by atoms with Crippen LogP contribution in [-0.4, -0.2) is 29.1 Å². The lowest BCUT2D eigenvalue weighted by Crippen LogP contribution is -2.45. The standard InChI is InChI=1S/C16H14ClF3N4O2S/c1-15(5-11(16(18,19)20)24-14(21)26-15)12-4-9(7-27-12)23-13(25)10-3-2-8(17)6-22-10/h2-4,6-7,11H,5H2,1H3,(H2,21,24)(H,23,25)/t11-,15-/m0/s1. The minimum Gasteiger partial charge on any atom is -0.453 e. The van der Waals surface area contributed by atoms with E-state index in [4.69, 9.17) is 22.1 Å². The van der Waals surface area contributed by atoms with Crippen molar-refractivity contribution >= 4 is 40.6 Å². The quantitative estimate of drug-likeness (QED) is 0.790. The highest BCUT2D eigenvalue weighted by atomic mass is 35.5. The molecule has 6 nitrogen and oxygen atoms in total. The molecule has 3 rings (SSSR count). The van der Waals surface area contributed by atoms with Crippen LogP contribution in [0, 0.1) is 0 Å². The first-order valence-electron chi connectivity index (χ1n) is 7.68. The normalized spacial score (nSPS) is 22.7. The van der Waals surface area contributed by atoms with Crippen LogP contribution in [0.1, 0.15) is 28.7 Å². The Labute approximate surface area is 161 Å². The van der Waals surface area contributed by atoms with Crippen LogP contribution >= 0.6 is 22.9 Å². The number of aliphatic imine (C=N–C) groups is 1. The number of aromatic nitrogens is 1. The second-order valence-corrected chi connectivity index (χ2v) is 7.42. The van der Waals surface area contributed by atoms with E-state index in [1.54, 1.807) is 11.4 Å². The van der Waals surface area contributed by atoms with Crippen LogP contribution in [0.2, 0.25) is 5.02 Å². The first-order valence-corrected chi connectivity index (χ1v) is 8.93. The van der Waals surface area contributed by atoms with E-state index in [0.29, 0.717) is 15.6 Å². The fourth-order valence-electron chi connectivity index (χ4n) is 2.59.